The smallest absolute Gasteiger partial charge is 0.226 e. The molecule has 2 atom stereocenters. The quantitative estimate of drug-likeness (QED) is 0.677. The molecule has 132 valence electrons. The highest BCUT2D eigenvalue weighted by Crippen LogP contribution is 2.69. The molecule has 0 heterocycles. The van der Waals surface area contributed by atoms with Crippen molar-refractivity contribution in [3.05, 3.63) is 0 Å². The summed E-state index contributed by atoms with van der Waals surface area (Å²) in [5.74, 6) is 1.12. The van der Waals surface area contributed by atoms with Crippen molar-refractivity contribution < 1.29 is 9.53 Å². The topological polar surface area (TPSA) is 38.3 Å². The average Bonchev–Trinajstić information content (AvgIpc) is 2.42. The van der Waals surface area contributed by atoms with E-state index in [9.17, 15) is 4.79 Å². The molecule has 4 aliphatic rings. The number of nitrogens with one attached hydrogen (secondary N) is 1. The Hall–Kier alpha value is -0.570. The fraction of sp³-hybridized carbons (Fsp3) is 0.950. The van der Waals surface area contributed by atoms with Gasteiger partial charge in [0.1, 0.15) is 0 Å². The van der Waals surface area contributed by atoms with Crippen LogP contribution in [-0.2, 0) is 9.53 Å². The second-order valence-electron chi connectivity index (χ2n) is 9.49. The summed E-state index contributed by atoms with van der Waals surface area (Å²) >= 11 is 0. The van der Waals surface area contributed by atoms with Gasteiger partial charge in [-0.15, -0.1) is 0 Å². The molecule has 1 N–H and O–H groups in total. The number of amides is 1. The summed E-state index contributed by atoms with van der Waals surface area (Å²) in [6.07, 6.45) is 10.6. The highest BCUT2D eigenvalue weighted by atomic mass is 16.5. The van der Waals surface area contributed by atoms with Gasteiger partial charge in [-0.3, -0.25) is 4.79 Å². The number of unbranched alkanes of at least 4 members (excludes halogenated alkanes) is 1. The number of carbonyl (C=O) groups excluding carboxylic acids is 1. The normalized spacial score (nSPS) is 41.3. The molecule has 1 amide bonds. The van der Waals surface area contributed by atoms with Crippen molar-refractivity contribution in [1.82, 2.24) is 5.32 Å². The van der Waals surface area contributed by atoms with E-state index >= 15 is 0 Å². The van der Waals surface area contributed by atoms with Gasteiger partial charge in [0.25, 0.3) is 0 Å². The summed E-state index contributed by atoms with van der Waals surface area (Å²) in [7, 11) is 0. The molecule has 2 unspecified atom stereocenters. The van der Waals surface area contributed by atoms with Crippen LogP contribution in [0.1, 0.15) is 78.6 Å². The van der Waals surface area contributed by atoms with Crippen LogP contribution in [0.25, 0.3) is 0 Å². The lowest BCUT2D eigenvalue weighted by molar-refractivity contribution is -0.170. The van der Waals surface area contributed by atoms with Crippen LogP contribution in [0.4, 0.5) is 0 Å². The molecular weight excluding hydrogens is 286 g/mol. The Bertz CT molecular complexity index is 429. The van der Waals surface area contributed by atoms with Gasteiger partial charge in [-0.2, -0.15) is 0 Å². The third-order valence-corrected chi connectivity index (χ3v) is 6.50. The number of carbonyl (C=O) groups is 1. The zero-order valence-corrected chi connectivity index (χ0v) is 15.4. The predicted octanol–water partition coefficient (Wildman–Crippen LogP) is 4.31. The molecule has 3 heteroatoms. The highest BCUT2D eigenvalue weighted by Gasteiger charge is 2.62. The highest BCUT2D eigenvalue weighted by molar-refractivity contribution is 5.83. The zero-order valence-electron chi connectivity index (χ0n) is 15.4. The van der Waals surface area contributed by atoms with Crippen LogP contribution in [0.5, 0.6) is 0 Å². The largest absolute Gasteiger partial charge is 0.381 e. The SMILES string of the molecule is CCCCOCCCNC(=O)C12CC3CC(C)(CC(C)(C3)C1)C2. The minimum atomic E-state index is -0.0635. The lowest BCUT2D eigenvalue weighted by Crippen LogP contribution is -2.59. The molecule has 0 aromatic carbocycles. The van der Waals surface area contributed by atoms with Crippen molar-refractivity contribution in [1.29, 1.82) is 0 Å². The van der Waals surface area contributed by atoms with Crippen molar-refractivity contribution in [2.45, 2.75) is 78.6 Å². The summed E-state index contributed by atoms with van der Waals surface area (Å²) in [5, 5.41) is 3.25. The first-order valence-electron chi connectivity index (χ1n) is 9.75. The Balaban J connectivity index is 1.49. The molecule has 4 fully saturated rings. The molecule has 4 bridgehead atoms. The van der Waals surface area contributed by atoms with Crippen LogP contribution in [-0.4, -0.2) is 25.7 Å². The van der Waals surface area contributed by atoms with E-state index in [1.165, 1.54) is 25.7 Å². The van der Waals surface area contributed by atoms with Gasteiger partial charge in [0, 0.05) is 19.8 Å². The lowest BCUT2D eigenvalue weighted by Gasteiger charge is -2.64. The molecule has 4 rings (SSSR count). The zero-order chi connectivity index (χ0) is 16.6. The second-order valence-corrected chi connectivity index (χ2v) is 9.49. The van der Waals surface area contributed by atoms with Gasteiger partial charge in [-0.1, -0.05) is 27.2 Å². The van der Waals surface area contributed by atoms with E-state index in [4.69, 9.17) is 4.74 Å². The summed E-state index contributed by atoms with van der Waals surface area (Å²) in [6, 6.07) is 0. The Kier molecular flexibility index (Phi) is 4.79. The summed E-state index contributed by atoms with van der Waals surface area (Å²) in [5.41, 5.74) is 0.759. The van der Waals surface area contributed by atoms with E-state index in [0.717, 1.165) is 57.8 Å². The van der Waals surface area contributed by atoms with Crippen LogP contribution in [0.2, 0.25) is 0 Å². The van der Waals surface area contributed by atoms with E-state index in [1.54, 1.807) is 0 Å². The Morgan fingerprint density at radius 3 is 2.30 bits per heavy atom. The monoisotopic (exact) mass is 321 g/mol. The van der Waals surface area contributed by atoms with E-state index in [-0.39, 0.29) is 5.41 Å². The number of rotatable bonds is 8. The third-order valence-electron chi connectivity index (χ3n) is 6.50. The Morgan fingerprint density at radius 2 is 1.70 bits per heavy atom. The molecule has 0 aliphatic heterocycles. The number of hydrogen-bond acceptors (Lipinski definition) is 2. The van der Waals surface area contributed by atoms with E-state index in [1.807, 2.05) is 0 Å². The van der Waals surface area contributed by atoms with Crippen molar-refractivity contribution in [2.75, 3.05) is 19.8 Å². The fourth-order valence-electron chi connectivity index (χ4n) is 6.61. The molecule has 0 aromatic rings. The van der Waals surface area contributed by atoms with Crippen molar-refractivity contribution in [3.63, 3.8) is 0 Å². The average molecular weight is 322 g/mol. The van der Waals surface area contributed by atoms with E-state index in [0.29, 0.717) is 16.7 Å². The Morgan fingerprint density at radius 1 is 1.04 bits per heavy atom. The number of hydrogen-bond donors (Lipinski definition) is 1. The lowest BCUT2D eigenvalue weighted by atomic mass is 9.40. The predicted molar refractivity (Wildman–Crippen MR) is 93.2 cm³/mol. The maximum absolute atomic E-state index is 13.0. The molecule has 23 heavy (non-hydrogen) atoms. The minimum Gasteiger partial charge on any atom is -0.381 e. The van der Waals surface area contributed by atoms with E-state index in [2.05, 4.69) is 26.1 Å². The molecule has 3 nitrogen and oxygen atoms in total. The van der Waals surface area contributed by atoms with E-state index < -0.39 is 0 Å². The maximum Gasteiger partial charge on any atom is 0.226 e. The number of ether oxygens (including phenoxy) is 1. The van der Waals surface area contributed by atoms with Gasteiger partial charge >= 0.3 is 0 Å². The summed E-state index contributed by atoms with van der Waals surface area (Å²) in [4.78, 5) is 13.0. The van der Waals surface area contributed by atoms with Crippen LogP contribution >= 0.6 is 0 Å². The van der Waals surface area contributed by atoms with Gasteiger partial charge < -0.3 is 10.1 Å². The van der Waals surface area contributed by atoms with Gasteiger partial charge in [0.05, 0.1) is 5.41 Å². The summed E-state index contributed by atoms with van der Waals surface area (Å²) in [6.45, 7) is 9.43. The first kappa shape index (κ1) is 17.3. The van der Waals surface area contributed by atoms with Crippen LogP contribution in [0.15, 0.2) is 0 Å². The van der Waals surface area contributed by atoms with Gasteiger partial charge in [-0.05, 0) is 68.1 Å². The summed E-state index contributed by atoms with van der Waals surface area (Å²) < 4.78 is 5.59. The van der Waals surface area contributed by atoms with Crippen LogP contribution in [0.3, 0.4) is 0 Å². The van der Waals surface area contributed by atoms with Gasteiger partial charge in [-0.25, -0.2) is 0 Å². The standard InChI is InChI=1S/C20H35NO2/c1-4-5-8-23-9-6-7-21-17(22)20-12-16-10-18(2,14-20)13-19(3,11-16)15-20/h16H,4-15H2,1-3H3,(H,21,22). The first-order chi connectivity index (χ1) is 10.9. The van der Waals surface area contributed by atoms with Gasteiger partial charge in [0.15, 0.2) is 0 Å². The van der Waals surface area contributed by atoms with Crippen molar-refractivity contribution in [2.24, 2.45) is 22.2 Å². The van der Waals surface area contributed by atoms with Gasteiger partial charge in [0.2, 0.25) is 5.91 Å². The Labute approximate surface area is 141 Å². The third kappa shape index (κ3) is 3.60. The molecule has 0 aromatic heterocycles. The fourth-order valence-corrected chi connectivity index (χ4v) is 6.61. The molecule has 4 saturated carbocycles. The second kappa shape index (κ2) is 6.38. The van der Waals surface area contributed by atoms with Crippen molar-refractivity contribution in [3.8, 4) is 0 Å². The van der Waals surface area contributed by atoms with Crippen molar-refractivity contribution >= 4 is 5.91 Å². The maximum atomic E-state index is 13.0. The molecule has 4 aliphatic carbocycles. The molecule has 0 saturated heterocycles. The molecular formula is C20H35NO2. The minimum absolute atomic E-state index is 0.0635. The molecule has 0 spiro atoms. The first-order valence-corrected chi connectivity index (χ1v) is 9.75. The van der Waals surface area contributed by atoms with Crippen LogP contribution < -0.4 is 5.32 Å². The van der Waals surface area contributed by atoms with Crippen LogP contribution in [0, 0.1) is 22.2 Å². The molecule has 0 radical (unpaired) electrons.